The van der Waals surface area contributed by atoms with Gasteiger partial charge in [-0.3, -0.25) is 4.79 Å². The number of carbonyl (C=O) groups excluding carboxylic acids is 1. The van der Waals surface area contributed by atoms with Crippen LogP contribution in [0.4, 0.5) is 0 Å². The second-order valence-electron chi connectivity index (χ2n) is 7.84. The molecular formula is C24H23ClN2O3. The molecule has 0 unspecified atom stereocenters. The van der Waals surface area contributed by atoms with E-state index in [-0.39, 0.29) is 17.5 Å². The van der Waals surface area contributed by atoms with Gasteiger partial charge in [0.25, 0.3) is 5.91 Å². The molecule has 1 aromatic heterocycles. The van der Waals surface area contributed by atoms with E-state index in [1.54, 1.807) is 42.8 Å². The molecule has 1 atom stereocenters. The molecule has 30 heavy (non-hydrogen) atoms. The molecule has 0 saturated carbocycles. The second-order valence-corrected chi connectivity index (χ2v) is 8.27. The monoisotopic (exact) mass is 422 g/mol. The summed E-state index contributed by atoms with van der Waals surface area (Å²) < 4.78 is 1.79. The number of benzene rings is 2. The number of hydrogen-bond acceptors (Lipinski definition) is 2. The molecule has 3 aromatic rings. The number of rotatable bonds is 3. The Hall–Kier alpha value is -3.05. The van der Waals surface area contributed by atoms with E-state index in [1.165, 1.54) is 5.56 Å². The summed E-state index contributed by atoms with van der Waals surface area (Å²) in [5.74, 6) is -1.08. The highest BCUT2D eigenvalue weighted by atomic mass is 35.5. The van der Waals surface area contributed by atoms with E-state index in [9.17, 15) is 14.7 Å². The molecule has 2 aromatic carbocycles. The zero-order chi connectivity index (χ0) is 21.6. The molecule has 1 aliphatic rings. The van der Waals surface area contributed by atoms with Gasteiger partial charge in [0.05, 0.1) is 5.56 Å². The number of fused-ring (bicyclic) bond motifs is 1. The molecule has 1 aliphatic heterocycles. The third-order valence-electron chi connectivity index (χ3n) is 6.02. The first-order valence-corrected chi connectivity index (χ1v) is 10.2. The second kappa shape index (κ2) is 7.65. The maximum Gasteiger partial charge on any atom is 0.337 e. The van der Waals surface area contributed by atoms with Crippen LogP contribution in [-0.2, 0) is 20.0 Å². The van der Waals surface area contributed by atoms with Gasteiger partial charge in [0.15, 0.2) is 0 Å². The third-order valence-corrected chi connectivity index (χ3v) is 6.26. The molecule has 0 fully saturated rings. The minimum atomic E-state index is -0.995. The fourth-order valence-corrected chi connectivity index (χ4v) is 4.37. The molecule has 0 radical (unpaired) electrons. The van der Waals surface area contributed by atoms with Crippen LogP contribution in [0.5, 0.6) is 0 Å². The number of carbonyl (C=O) groups is 2. The first-order chi connectivity index (χ1) is 14.3. The van der Waals surface area contributed by atoms with Gasteiger partial charge in [-0.15, -0.1) is 0 Å². The van der Waals surface area contributed by atoms with Crippen LogP contribution in [-0.4, -0.2) is 32.5 Å². The smallest absolute Gasteiger partial charge is 0.337 e. The fraction of sp³-hybridized carbons (Fsp3) is 0.250. The van der Waals surface area contributed by atoms with Crippen LogP contribution in [0, 0.1) is 6.92 Å². The summed E-state index contributed by atoms with van der Waals surface area (Å²) in [5.41, 5.74) is 5.07. The predicted molar refractivity (Wildman–Crippen MR) is 117 cm³/mol. The minimum Gasteiger partial charge on any atom is -0.478 e. The van der Waals surface area contributed by atoms with E-state index in [1.807, 2.05) is 17.0 Å². The van der Waals surface area contributed by atoms with Crippen molar-refractivity contribution in [3.05, 3.63) is 81.5 Å². The van der Waals surface area contributed by atoms with Crippen molar-refractivity contribution in [2.75, 3.05) is 0 Å². The number of aromatic carboxylic acids is 1. The van der Waals surface area contributed by atoms with Gasteiger partial charge in [-0.25, -0.2) is 4.79 Å². The van der Waals surface area contributed by atoms with E-state index in [4.69, 9.17) is 11.6 Å². The Labute approximate surface area is 180 Å². The third kappa shape index (κ3) is 3.39. The summed E-state index contributed by atoms with van der Waals surface area (Å²) in [7, 11) is 1.80. The normalized spacial score (nSPS) is 15.7. The van der Waals surface area contributed by atoms with E-state index >= 15 is 0 Å². The maximum absolute atomic E-state index is 13.6. The Morgan fingerprint density at radius 2 is 1.77 bits per heavy atom. The maximum atomic E-state index is 13.6. The van der Waals surface area contributed by atoms with Crippen molar-refractivity contribution in [3.63, 3.8) is 0 Å². The lowest BCUT2D eigenvalue weighted by molar-refractivity contribution is 0.0657. The summed E-state index contributed by atoms with van der Waals surface area (Å²) in [4.78, 5) is 27.1. The van der Waals surface area contributed by atoms with Gasteiger partial charge in [-0.05, 0) is 55.7 Å². The first kappa shape index (κ1) is 20.2. The molecule has 0 saturated heterocycles. The first-order valence-electron chi connectivity index (χ1n) is 9.85. The molecule has 5 nitrogen and oxygen atoms in total. The zero-order valence-corrected chi connectivity index (χ0v) is 17.9. The van der Waals surface area contributed by atoms with E-state index < -0.39 is 5.97 Å². The predicted octanol–water partition coefficient (Wildman–Crippen LogP) is 4.94. The Morgan fingerprint density at radius 1 is 1.07 bits per heavy atom. The topological polar surface area (TPSA) is 62.5 Å². The van der Waals surface area contributed by atoms with Crippen molar-refractivity contribution in [3.8, 4) is 11.3 Å². The van der Waals surface area contributed by atoms with E-state index in [2.05, 4.69) is 19.1 Å². The number of aromatic nitrogens is 1. The van der Waals surface area contributed by atoms with Crippen LogP contribution in [0.3, 0.4) is 0 Å². The van der Waals surface area contributed by atoms with E-state index in [0.29, 0.717) is 34.1 Å². The zero-order valence-electron chi connectivity index (χ0n) is 17.1. The van der Waals surface area contributed by atoms with Gasteiger partial charge in [0.2, 0.25) is 0 Å². The van der Waals surface area contributed by atoms with Gasteiger partial charge in [-0.1, -0.05) is 35.9 Å². The molecule has 0 bridgehead atoms. The minimum absolute atomic E-state index is 0.0562. The van der Waals surface area contributed by atoms with Crippen molar-refractivity contribution in [1.82, 2.24) is 9.47 Å². The van der Waals surface area contributed by atoms with Gasteiger partial charge < -0.3 is 14.6 Å². The van der Waals surface area contributed by atoms with Crippen molar-refractivity contribution in [2.24, 2.45) is 7.05 Å². The number of amides is 1. The highest BCUT2D eigenvalue weighted by Crippen LogP contribution is 2.33. The number of halogens is 1. The quantitative estimate of drug-likeness (QED) is 0.650. The van der Waals surface area contributed by atoms with Crippen LogP contribution in [0.15, 0.2) is 48.5 Å². The van der Waals surface area contributed by atoms with Crippen LogP contribution in [0.2, 0.25) is 5.02 Å². The molecule has 0 spiro atoms. The Kier molecular flexibility index (Phi) is 5.16. The molecule has 6 heteroatoms. The summed E-state index contributed by atoms with van der Waals surface area (Å²) in [5, 5.41) is 10.00. The van der Waals surface area contributed by atoms with Gasteiger partial charge in [0, 0.05) is 47.2 Å². The lowest BCUT2D eigenvalue weighted by Crippen LogP contribution is -2.42. The van der Waals surface area contributed by atoms with Gasteiger partial charge in [-0.2, -0.15) is 0 Å². The Morgan fingerprint density at radius 3 is 2.43 bits per heavy atom. The molecule has 2 heterocycles. The molecule has 1 N–H and O–H groups in total. The number of carboxylic acid groups (broad SMARTS) is 1. The largest absolute Gasteiger partial charge is 0.478 e. The summed E-state index contributed by atoms with van der Waals surface area (Å²) in [6, 6.07) is 15.0. The number of hydrogen-bond donors (Lipinski definition) is 1. The lowest BCUT2D eigenvalue weighted by atomic mass is 9.93. The molecule has 4 rings (SSSR count). The van der Waals surface area contributed by atoms with Crippen molar-refractivity contribution >= 4 is 23.5 Å². The Balaban J connectivity index is 1.79. The number of carboxylic acids is 1. The highest BCUT2D eigenvalue weighted by Gasteiger charge is 2.29. The molecule has 1 amide bonds. The van der Waals surface area contributed by atoms with Crippen LogP contribution in [0.1, 0.15) is 44.5 Å². The average molecular weight is 423 g/mol. The van der Waals surface area contributed by atoms with Gasteiger partial charge in [0.1, 0.15) is 0 Å². The average Bonchev–Trinajstić information content (AvgIpc) is 3.02. The fourth-order valence-electron chi connectivity index (χ4n) is 4.19. The SMILES string of the molecule is Cc1c(C(=O)O)cc(-c2cc(Cl)ccc2C(=O)N2Cc3ccccc3C[C@H]2C)n1C. The molecule has 0 aliphatic carbocycles. The van der Waals surface area contributed by atoms with Crippen molar-refractivity contribution < 1.29 is 14.7 Å². The van der Waals surface area contributed by atoms with E-state index in [0.717, 1.165) is 12.0 Å². The van der Waals surface area contributed by atoms with Crippen molar-refractivity contribution in [2.45, 2.75) is 32.9 Å². The van der Waals surface area contributed by atoms with Gasteiger partial charge >= 0.3 is 5.97 Å². The van der Waals surface area contributed by atoms with Crippen LogP contribution >= 0.6 is 11.6 Å². The van der Waals surface area contributed by atoms with Crippen molar-refractivity contribution in [1.29, 1.82) is 0 Å². The molecule has 154 valence electrons. The number of nitrogens with zero attached hydrogens (tertiary/aromatic N) is 2. The molecular weight excluding hydrogens is 400 g/mol. The highest BCUT2D eigenvalue weighted by molar-refractivity contribution is 6.31. The standard InChI is InChI=1S/C24H23ClN2O3/c1-14-10-16-6-4-5-7-17(16)13-27(14)23(28)19-9-8-18(25)11-21(19)22-12-20(24(29)30)15(2)26(22)3/h4-9,11-12,14H,10,13H2,1-3H3,(H,29,30)/t14-/m1/s1. The summed E-state index contributed by atoms with van der Waals surface area (Å²) in [6.45, 7) is 4.35. The van der Waals surface area contributed by atoms with Crippen LogP contribution in [0.25, 0.3) is 11.3 Å². The lowest BCUT2D eigenvalue weighted by Gasteiger charge is -2.35. The Bertz CT molecular complexity index is 1170. The summed E-state index contributed by atoms with van der Waals surface area (Å²) in [6.07, 6.45) is 0.803. The van der Waals surface area contributed by atoms with Crippen LogP contribution < -0.4 is 0 Å². The summed E-state index contributed by atoms with van der Waals surface area (Å²) >= 11 is 6.26.